The van der Waals surface area contributed by atoms with E-state index in [0.29, 0.717) is 6.54 Å². The number of ether oxygens (including phenoxy) is 1. The van der Waals surface area contributed by atoms with E-state index in [0.717, 1.165) is 11.6 Å². The maximum atomic E-state index is 13.1. The van der Waals surface area contributed by atoms with E-state index >= 15 is 0 Å². The molecule has 180 valence electrons. The molecule has 8 heteroatoms. The van der Waals surface area contributed by atoms with Gasteiger partial charge in [-0.3, -0.25) is 9.59 Å². The minimum absolute atomic E-state index is 0.00176. The van der Waals surface area contributed by atoms with Crippen molar-refractivity contribution < 1.29 is 27.5 Å². The second-order valence-electron chi connectivity index (χ2n) is 9.25. The molecule has 0 atom stereocenters. The maximum Gasteiger partial charge on any atom is 0.338 e. The fraction of sp³-hybridized carbons (Fsp3) is 0.222. The van der Waals surface area contributed by atoms with Crippen LogP contribution in [0.5, 0.6) is 0 Å². The number of ketones is 1. The average molecular weight is 492 g/mol. The van der Waals surface area contributed by atoms with Gasteiger partial charge in [0.05, 0.1) is 15.4 Å². The van der Waals surface area contributed by atoms with Gasteiger partial charge in [-0.1, -0.05) is 42.5 Å². The molecule has 4 rings (SSSR count). The summed E-state index contributed by atoms with van der Waals surface area (Å²) in [5, 5.41) is 0. The van der Waals surface area contributed by atoms with E-state index in [4.69, 9.17) is 4.74 Å². The number of fused-ring (bicyclic) bond motifs is 2. The first kappa shape index (κ1) is 24.3. The number of esters is 1. The topological polar surface area (TPSA) is 97.8 Å². The van der Waals surface area contributed by atoms with E-state index in [1.54, 1.807) is 11.0 Å². The Kier molecular flexibility index (Phi) is 6.34. The van der Waals surface area contributed by atoms with Crippen molar-refractivity contribution in [2.24, 2.45) is 0 Å². The summed E-state index contributed by atoms with van der Waals surface area (Å²) in [6.45, 7) is 5.50. The molecule has 7 nitrogen and oxygen atoms in total. The van der Waals surface area contributed by atoms with Gasteiger partial charge in [0.1, 0.15) is 0 Å². The Hall–Kier alpha value is -3.78. The van der Waals surface area contributed by atoms with Gasteiger partial charge in [-0.05, 0) is 56.7 Å². The van der Waals surface area contributed by atoms with Crippen LogP contribution in [-0.2, 0) is 25.9 Å². The zero-order chi connectivity index (χ0) is 25.4. The highest BCUT2D eigenvalue weighted by molar-refractivity contribution is 7.91. The number of hydrogen-bond acceptors (Lipinski definition) is 6. The van der Waals surface area contributed by atoms with Crippen LogP contribution < -0.4 is 0 Å². The van der Waals surface area contributed by atoms with E-state index in [-0.39, 0.29) is 32.4 Å². The lowest BCUT2D eigenvalue weighted by atomic mass is 10.0. The molecule has 0 saturated carbocycles. The molecule has 1 aliphatic heterocycles. The highest BCUT2D eigenvalue weighted by atomic mass is 32.2. The third kappa shape index (κ3) is 4.74. The lowest BCUT2D eigenvalue weighted by molar-refractivity contribution is -0.140. The van der Waals surface area contributed by atoms with Crippen LogP contribution in [0.2, 0.25) is 0 Å². The fourth-order valence-corrected chi connectivity index (χ4v) is 5.64. The first-order valence-electron chi connectivity index (χ1n) is 11.0. The summed E-state index contributed by atoms with van der Waals surface area (Å²) in [5.74, 6) is -1.66. The van der Waals surface area contributed by atoms with Crippen molar-refractivity contribution >= 4 is 27.5 Å². The Morgan fingerprint density at radius 3 is 2.17 bits per heavy atom. The smallest absolute Gasteiger partial charge is 0.338 e. The minimum atomic E-state index is -3.99. The van der Waals surface area contributed by atoms with Crippen molar-refractivity contribution in [3.8, 4) is 0 Å². The highest BCUT2D eigenvalue weighted by Crippen LogP contribution is 2.34. The summed E-state index contributed by atoms with van der Waals surface area (Å²) in [4.78, 5) is 39.7. The molecular weight excluding hydrogens is 466 g/mol. The fourth-order valence-electron chi connectivity index (χ4n) is 3.97. The van der Waals surface area contributed by atoms with E-state index < -0.39 is 33.7 Å². The first-order valence-corrected chi connectivity index (χ1v) is 12.5. The van der Waals surface area contributed by atoms with Crippen molar-refractivity contribution in [1.82, 2.24) is 4.90 Å². The molecule has 0 aromatic heterocycles. The van der Waals surface area contributed by atoms with E-state index in [1.165, 1.54) is 30.3 Å². The second kappa shape index (κ2) is 9.11. The number of sulfone groups is 1. The van der Waals surface area contributed by atoms with Gasteiger partial charge >= 0.3 is 5.97 Å². The second-order valence-corrected chi connectivity index (χ2v) is 11.1. The van der Waals surface area contributed by atoms with Gasteiger partial charge < -0.3 is 9.64 Å². The van der Waals surface area contributed by atoms with Crippen LogP contribution in [0, 0.1) is 0 Å². The molecule has 3 aromatic carbocycles. The molecule has 3 aromatic rings. The number of hydrogen-bond donors (Lipinski definition) is 0. The maximum absolute atomic E-state index is 13.1. The van der Waals surface area contributed by atoms with Crippen LogP contribution in [0.1, 0.15) is 52.6 Å². The SMILES string of the molecule is CC(C)(C)N(Cc1ccccc1)C(=O)COC(=O)c1ccc2c(c1)S(=O)(=O)c1ccccc1C2=O. The Morgan fingerprint density at radius 1 is 0.857 bits per heavy atom. The van der Waals surface area contributed by atoms with Crippen molar-refractivity contribution in [1.29, 1.82) is 0 Å². The summed E-state index contributed by atoms with van der Waals surface area (Å²) >= 11 is 0. The van der Waals surface area contributed by atoms with Crippen LogP contribution in [0.25, 0.3) is 0 Å². The molecule has 0 bridgehead atoms. The van der Waals surface area contributed by atoms with E-state index in [2.05, 4.69) is 0 Å². The minimum Gasteiger partial charge on any atom is -0.452 e. The van der Waals surface area contributed by atoms with Crippen molar-refractivity contribution in [3.05, 3.63) is 95.1 Å². The van der Waals surface area contributed by atoms with Crippen LogP contribution in [0.3, 0.4) is 0 Å². The van der Waals surface area contributed by atoms with Crippen LogP contribution in [-0.4, -0.2) is 43.1 Å². The number of rotatable bonds is 5. The molecule has 0 N–H and O–H groups in total. The summed E-state index contributed by atoms with van der Waals surface area (Å²) in [6.07, 6.45) is 0. The highest BCUT2D eigenvalue weighted by Gasteiger charge is 2.35. The Morgan fingerprint density at radius 2 is 1.49 bits per heavy atom. The van der Waals surface area contributed by atoms with Crippen molar-refractivity contribution in [2.75, 3.05) is 6.61 Å². The predicted octanol–water partition coefficient (Wildman–Crippen LogP) is 4.05. The Labute approximate surface area is 204 Å². The molecule has 1 heterocycles. The molecule has 0 aliphatic carbocycles. The lowest BCUT2D eigenvalue weighted by Crippen LogP contribution is -2.46. The molecule has 0 fully saturated rings. The number of carbonyl (C=O) groups is 3. The normalized spacial score (nSPS) is 14.0. The molecule has 0 radical (unpaired) electrons. The van der Waals surface area contributed by atoms with Gasteiger partial charge in [-0.15, -0.1) is 0 Å². The third-order valence-electron chi connectivity index (χ3n) is 5.79. The molecule has 1 amide bonds. The lowest BCUT2D eigenvalue weighted by Gasteiger charge is -2.35. The Bertz CT molecular complexity index is 1420. The Balaban J connectivity index is 1.53. The van der Waals surface area contributed by atoms with Gasteiger partial charge in [0.25, 0.3) is 5.91 Å². The van der Waals surface area contributed by atoms with Crippen molar-refractivity contribution in [2.45, 2.75) is 42.6 Å². The number of benzene rings is 3. The molecular formula is C27H25NO6S. The van der Waals surface area contributed by atoms with Gasteiger partial charge in [-0.25, -0.2) is 13.2 Å². The zero-order valence-electron chi connectivity index (χ0n) is 19.6. The predicted molar refractivity (Wildman–Crippen MR) is 129 cm³/mol. The largest absolute Gasteiger partial charge is 0.452 e. The standard InChI is InChI=1S/C27H25NO6S/c1-27(2,3)28(16-18-9-5-4-6-10-18)24(29)17-34-26(31)19-13-14-21-23(15-19)35(32,33)22-12-8-7-11-20(22)25(21)30/h4-15H,16-17H2,1-3H3. The first-order chi connectivity index (χ1) is 16.5. The van der Waals surface area contributed by atoms with Gasteiger partial charge in [0.15, 0.2) is 12.4 Å². The van der Waals surface area contributed by atoms with E-state index in [1.807, 2.05) is 51.1 Å². The third-order valence-corrected chi connectivity index (χ3v) is 7.65. The van der Waals surface area contributed by atoms with Crippen LogP contribution >= 0.6 is 0 Å². The summed E-state index contributed by atoms with van der Waals surface area (Å²) in [6, 6.07) is 19.2. The van der Waals surface area contributed by atoms with E-state index in [9.17, 15) is 22.8 Å². The molecule has 0 spiro atoms. The van der Waals surface area contributed by atoms with Crippen molar-refractivity contribution in [3.63, 3.8) is 0 Å². The monoisotopic (exact) mass is 491 g/mol. The number of nitrogens with zero attached hydrogens (tertiary/aromatic N) is 1. The molecule has 0 saturated heterocycles. The quantitative estimate of drug-likeness (QED) is 0.391. The average Bonchev–Trinajstić information content (AvgIpc) is 2.84. The number of amides is 1. The number of carbonyl (C=O) groups excluding carboxylic acids is 3. The molecule has 35 heavy (non-hydrogen) atoms. The summed E-state index contributed by atoms with van der Waals surface area (Å²) in [5.41, 5.74) is 0.455. The van der Waals surface area contributed by atoms with Gasteiger partial charge in [0.2, 0.25) is 9.84 Å². The summed E-state index contributed by atoms with van der Waals surface area (Å²) < 4.78 is 31.4. The molecule has 0 unspecified atom stereocenters. The van der Waals surface area contributed by atoms with Crippen LogP contribution in [0.15, 0.2) is 82.6 Å². The molecule has 1 aliphatic rings. The van der Waals surface area contributed by atoms with Gasteiger partial charge in [-0.2, -0.15) is 0 Å². The van der Waals surface area contributed by atoms with Gasteiger partial charge in [0, 0.05) is 23.2 Å². The zero-order valence-corrected chi connectivity index (χ0v) is 20.5. The van der Waals surface area contributed by atoms with Crippen LogP contribution in [0.4, 0.5) is 0 Å². The summed E-state index contributed by atoms with van der Waals surface area (Å²) in [7, 11) is -3.99.